The fraction of sp³-hybridized carbons (Fsp3) is 1.00. The van der Waals surface area contributed by atoms with Crippen LogP contribution in [0.2, 0.25) is 0 Å². The van der Waals surface area contributed by atoms with Crippen LogP contribution in [0.25, 0.3) is 0 Å². The van der Waals surface area contributed by atoms with E-state index in [0.717, 1.165) is 6.26 Å². The van der Waals surface area contributed by atoms with Gasteiger partial charge in [-0.2, -0.15) is 13.2 Å². The van der Waals surface area contributed by atoms with Crippen LogP contribution >= 0.6 is 0 Å². The summed E-state index contributed by atoms with van der Waals surface area (Å²) in [5, 5.41) is 0. The second kappa shape index (κ2) is 4.25. The average molecular weight is 220 g/mol. The molecule has 0 aromatic heterocycles. The van der Waals surface area contributed by atoms with Gasteiger partial charge in [-0.15, -0.1) is 0 Å². The van der Waals surface area contributed by atoms with Crippen LogP contribution in [-0.4, -0.2) is 32.6 Å². The van der Waals surface area contributed by atoms with Crippen LogP contribution in [-0.2, 0) is 9.84 Å². The van der Waals surface area contributed by atoms with Crippen molar-refractivity contribution in [2.45, 2.75) is 18.6 Å². The minimum Gasteiger partial charge on any atom is -0.271 e. The van der Waals surface area contributed by atoms with Crippen molar-refractivity contribution in [2.24, 2.45) is 5.84 Å². The number of alkyl halides is 3. The zero-order chi connectivity index (χ0) is 10.7. The Morgan fingerprint density at radius 3 is 2.15 bits per heavy atom. The van der Waals surface area contributed by atoms with Gasteiger partial charge in [-0.25, -0.2) is 13.8 Å². The van der Waals surface area contributed by atoms with E-state index >= 15 is 0 Å². The fourth-order valence-electron chi connectivity index (χ4n) is 0.673. The van der Waals surface area contributed by atoms with E-state index in [1.165, 1.54) is 5.43 Å². The highest BCUT2D eigenvalue weighted by Crippen LogP contribution is 2.21. The van der Waals surface area contributed by atoms with E-state index in [1.807, 2.05) is 0 Å². The fourth-order valence-corrected chi connectivity index (χ4v) is 1.34. The van der Waals surface area contributed by atoms with E-state index in [4.69, 9.17) is 0 Å². The average Bonchev–Trinajstić information content (AvgIpc) is 1.82. The van der Waals surface area contributed by atoms with Gasteiger partial charge in [0.2, 0.25) is 0 Å². The molecule has 0 fully saturated rings. The van der Waals surface area contributed by atoms with Crippen LogP contribution in [0.3, 0.4) is 0 Å². The molecule has 0 aromatic rings. The van der Waals surface area contributed by atoms with Gasteiger partial charge in [0.05, 0.1) is 5.75 Å². The topological polar surface area (TPSA) is 72.2 Å². The summed E-state index contributed by atoms with van der Waals surface area (Å²) < 4.78 is 57.0. The molecule has 0 aliphatic rings. The maximum Gasteiger partial charge on any atom is 0.405 e. The van der Waals surface area contributed by atoms with Gasteiger partial charge in [0.25, 0.3) is 0 Å². The molecule has 80 valence electrons. The lowest BCUT2D eigenvalue weighted by Crippen LogP contribution is -2.46. The predicted molar refractivity (Wildman–Crippen MR) is 41.5 cm³/mol. The van der Waals surface area contributed by atoms with E-state index in [-0.39, 0.29) is 0 Å². The Bertz CT molecular complexity index is 249. The summed E-state index contributed by atoms with van der Waals surface area (Å²) in [5.41, 5.74) is 1.53. The van der Waals surface area contributed by atoms with Crippen LogP contribution in [0.15, 0.2) is 0 Å². The first-order chi connectivity index (χ1) is 5.67. The Labute approximate surface area is 74.2 Å². The Morgan fingerprint density at radius 2 is 1.92 bits per heavy atom. The van der Waals surface area contributed by atoms with Crippen molar-refractivity contribution >= 4 is 9.84 Å². The minimum absolute atomic E-state index is 0.540. The second-order valence-corrected chi connectivity index (χ2v) is 4.94. The van der Waals surface area contributed by atoms with E-state index in [9.17, 15) is 21.6 Å². The minimum atomic E-state index is -4.51. The lowest BCUT2D eigenvalue weighted by molar-refractivity contribution is -0.156. The van der Waals surface area contributed by atoms with Gasteiger partial charge < -0.3 is 0 Å². The van der Waals surface area contributed by atoms with Gasteiger partial charge >= 0.3 is 6.18 Å². The molecule has 1 unspecified atom stereocenters. The maximum absolute atomic E-state index is 12.0. The maximum atomic E-state index is 12.0. The quantitative estimate of drug-likeness (QED) is 0.509. The van der Waals surface area contributed by atoms with Crippen LogP contribution in [0.1, 0.15) is 6.42 Å². The van der Waals surface area contributed by atoms with Crippen LogP contribution in [0.5, 0.6) is 0 Å². The molecule has 0 radical (unpaired) electrons. The van der Waals surface area contributed by atoms with E-state index in [1.54, 1.807) is 0 Å². The van der Waals surface area contributed by atoms with Crippen molar-refractivity contribution < 1.29 is 21.6 Å². The number of halogens is 3. The lowest BCUT2D eigenvalue weighted by atomic mass is 10.2. The van der Waals surface area contributed by atoms with Gasteiger partial charge in [0.1, 0.15) is 15.9 Å². The zero-order valence-corrected chi connectivity index (χ0v) is 7.74. The van der Waals surface area contributed by atoms with E-state index in [0.29, 0.717) is 0 Å². The van der Waals surface area contributed by atoms with Crippen molar-refractivity contribution in [3.8, 4) is 0 Å². The van der Waals surface area contributed by atoms with Crippen molar-refractivity contribution in [3.05, 3.63) is 0 Å². The summed E-state index contributed by atoms with van der Waals surface area (Å²) >= 11 is 0. The lowest BCUT2D eigenvalue weighted by Gasteiger charge is -2.18. The molecule has 0 spiro atoms. The number of sulfone groups is 1. The van der Waals surface area contributed by atoms with Gasteiger partial charge in [-0.1, -0.05) is 0 Å². The third-order valence-electron chi connectivity index (χ3n) is 1.37. The number of hydrazine groups is 1. The predicted octanol–water partition coefficient (Wildman–Crippen LogP) is -0.185. The number of rotatable bonds is 4. The summed E-state index contributed by atoms with van der Waals surface area (Å²) in [6.45, 7) is 0. The number of nitrogens with one attached hydrogen (secondary N) is 1. The van der Waals surface area contributed by atoms with Crippen LogP contribution < -0.4 is 11.3 Å². The number of nitrogens with two attached hydrogens (primary N) is 1. The SMILES string of the molecule is CS(=O)(=O)CCC(NN)C(F)(F)F. The van der Waals surface area contributed by atoms with Crippen LogP contribution in [0.4, 0.5) is 13.2 Å². The monoisotopic (exact) mass is 220 g/mol. The molecule has 4 nitrogen and oxygen atoms in total. The summed E-state index contributed by atoms with van der Waals surface area (Å²) in [7, 11) is -3.39. The molecule has 0 amide bonds. The van der Waals surface area contributed by atoms with Crippen molar-refractivity contribution in [2.75, 3.05) is 12.0 Å². The molecule has 0 heterocycles. The first-order valence-electron chi connectivity index (χ1n) is 3.37. The Hall–Kier alpha value is -0.340. The molecule has 0 aliphatic heterocycles. The molecule has 0 rings (SSSR count). The number of hydrogen-bond acceptors (Lipinski definition) is 4. The molecule has 0 saturated carbocycles. The first-order valence-corrected chi connectivity index (χ1v) is 5.43. The molecule has 0 bridgehead atoms. The van der Waals surface area contributed by atoms with Crippen molar-refractivity contribution in [1.29, 1.82) is 0 Å². The highest BCUT2D eigenvalue weighted by atomic mass is 32.2. The van der Waals surface area contributed by atoms with Gasteiger partial charge in [0.15, 0.2) is 0 Å². The molecule has 3 N–H and O–H groups in total. The third kappa shape index (κ3) is 5.83. The normalized spacial score (nSPS) is 15.8. The Kier molecular flexibility index (Phi) is 4.14. The highest BCUT2D eigenvalue weighted by Gasteiger charge is 2.38. The molecule has 0 aromatic carbocycles. The second-order valence-electron chi connectivity index (χ2n) is 2.68. The summed E-state index contributed by atoms with van der Waals surface area (Å²) in [5.74, 6) is 4.08. The van der Waals surface area contributed by atoms with E-state index in [2.05, 4.69) is 5.84 Å². The molecular weight excluding hydrogens is 209 g/mol. The van der Waals surface area contributed by atoms with Crippen LogP contribution in [0, 0.1) is 0 Å². The third-order valence-corrected chi connectivity index (χ3v) is 2.35. The van der Waals surface area contributed by atoms with E-state index < -0.39 is 34.2 Å². The smallest absolute Gasteiger partial charge is 0.271 e. The summed E-state index contributed by atoms with van der Waals surface area (Å²) in [6, 6.07) is -1.97. The molecule has 0 saturated heterocycles. The Morgan fingerprint density at radius 1 is 1.46 bits per heavy atom. The largest absolute Gasteiger partial charge is 0.405 e. The first kappa shape index (κ1) is 12.7. The van der Waals surface area contributed by atoms with Gasteiger partial charge in [-0.3, -0.25) is 5.84 Å². The van der Waals surface area contributed by atoms with Gasteiger partial charge in [-0.05, 0) is 6.42 Å². The summed E-state index contributed by atoms with van der Waals surface area (Å²) in [4.78, 5) is 0. The molecular formula is C5H11F3N2O2S. The summed E-state index contributed by atoms with van der Waals surface area (Å²) in [6.07, 6.45) is -4.21. The Balaban J connectivity index is 4.17. The molecule has 1 atom stereocenters. The van der Waals surface area contributed by atoms with Gasteiger partial charge in [0, 0.05) is 6.26 Å². The molecule has 8 heteroatoms. The molecule has 0 aliphatic carbocycles. The zero-order valence-electron chi connectivity index (χ0n) is 6.93. The standard InChI is InChI=1S/C5H11F3N2O2S/c1-13(11,12)3-2-4(10-9)5(6,7)8/h4,10H,2-3,9H2,1H3. The highest BCUT2D eigenvalue weighted by molar-refractivity contribution is 7.90. The molecule has 13 heavy (non-hydrogen) atoms. The number of hydrogen-bond donors (Lipinski definition) is 2. The van der Waals surface area contributed by atoms with Crippen molar-refractivity contribution in [3.63, 3.8) is 0 Å². The van der Waals surface area contributed by atoms with Crippen molar-refractivity contribution in [1.82, 2.24) is 5.43 Å².